The van der Waals surface area contributed by atoms with E-state index < -0.39 is 0 Å². The van der Waals surface area contributed by atoms with Gasteiger partial charge in [0, 0.05) is 55.4 Å². The molecule has 0 radical (unpaired) electrons. The lowest BCUT2D eigenvalue weighted by Gasteiger charge is -2.61. The molecule has 2 aromatic heterocycles. The number of aromatic nitrogens is 2. The van der Waals surface area contributed by atoms with Gasteiger partial charge in [-0.1, -0.05) is 121 Å². The third-order valence-electron chi connectivity index (χ3n) is 16.9. The van der Waals surface area contributed by atoms with Gasteiger partial charge in [-0.15, -0.1) is 0 Å². The molecule has 9 aromatic carbocycles. The Bertz CT molecular complexity index is 3460. The summed E-state index contributed by atoms with van der Waals surface area (Å²) in [7, 11) is 0. The van der Waals surface area contributed by atoms with Crippen LogP contribution in [0.2, 0.25) is 0 Å². The van der Waals surface area contributed by atoms with Crippen LogP contribution in [0, 0.1) is 23.7 Å². The first-order valence-electron chi connectivity index (χ1n) is 24.5. The fourth-order valence-electron chi connectivity index (χ4n) is 14.5. The van der Waals surface area contributed by atoms with Crippen LogP contribution in [0.5, 0.6) is 0 Å². The van der Waals surface area contributed by atoms with Gasteiger partial charge in [0.15, 0.2) is 0 Å². The number of anilines is 3. The summed E-state index contributed by atoms with van der Waals surface area (Å²) in [4.78, 5) is 2.41. The van der Waals surface area contributed by atoms with Crippen LogP contribution in [-0.2, 0) is 5.41 Å². The quantitative estimate of drug-likeness (QED) is 0.162. The van der Waals surface area contributed by atoms with E-state index in [2.05, 4.69) is 226 Å². The minimum Gasteiger partial charge on any atom is -0.311 e. The average Bonchev–Trinajstić information content (AvgIpc) is 4.01. The van der Waals surface area contributed by atoms with Crippen LogP contribution < -0.4 is 4.90 Å². The molecule has 0 unspecified atom stereocenters. The van der Waals surface area contributed by atoms with Crippen LogP contribution in [0.15, 0.2) is 212 Å². The molecule has 0 saturated heterocycles. The summed E-state index contributed by atoms with van der Waals surface area (Å²) in [6.07, 6.45) is 7.11. The first-order chi connectivity index (χ1) is 33.2. The van der Waals surface area contributed by atoms with Crippen molar-refractivity contribution in [3.05, 3.63) is 223 Å². The lowest BCUT2D eigenvalue weighted by atomic mass is 9.43. The van der Waals surface area contributed by atoms with Gasteiger partial charge in [0.2, 0.25) is 0 Å². The van der Waals surface area contributed by atoms with Gasteiger partial charge in [-0.25, -0.2) is 0 Å². The van der Waals surface area contributed by atoms with E-state index in [1.54, 1.807) is 11.1 Å². The average molecular weight is 860 g/mol. The predicted octanol–water partition coefficient (Wildman–Crippen LogP) is 16.7. The second-order valence-electron chi connectivity index (χ2n) is 20.1. The normalized spacial score (nSPS) is 21.2. The van der Waals surface area contributed by atoms with Gasteiger partial charge < -0.3 is 14.0 Å². The van der Waals surface area contributed by atoms with E-state index in [4.69, 9.17) is 0 Å². The van der Waals surface area contributed by atoms with Crippen molar-refractivity contribution < 1.29 is 0 Å². The van der Waals surface area contributed by atoms with Crippen molar-refractivity contribution >= 4 is 60.7 Å². The topological polar surface area (TPSA) is 13.1 Å². The lowest BCUT2D eigenvalue weighted by molar-refractivity contribution is -0.0399. The van der Waals surface area contributed by atoms with E-state index >= 15 is 0 Å². The smallest absolute Gasteiger partial charge is 0.0541 e. The molecule has 0 N–H and O–H groups in total. The summed E-state index contributed by atoms with van der Waals surface area (Å²) in [5.74, 6) is 3.43. The molecule has 11 aromatic rings. The van der Waals surface area contributed by atoms with Crippen molar-refractivity contribution in [3.63, 3.8) is 0 Å². The third-order valence-corrected chi connectivity index (χ3v) is 16.9. The van der Waals surface area contributed by atoms with Gasteiger partial charge in [0.1, 0.15) is 0 Å². The zero-order chi connectivity index (χ0) is 43.8. The van der Waals surface area contributed by atoms with Gasteiger partial charge in [0.25, 0.3) is 0 Å². The number of fused-ring (bicyclic) bond motifs is 9. The standard InChI is InChI=1S/C64H49N3/c1-6-16-58-52(11-1)57-40-44(23-34-59(57)64(58)45-36-41-35-42(38-45)39-46(64)37-41)43-21-24-47(25-22-43)65(48-26-30-50(31-27-48)66-60-17-7-2-12-53(60)54-13-3-8-18-61(54)66)49-28-32-51(33-29-49)67-62-19-9-4-14-55(62)56-15-5-10-20-63(56)67/h1-34,40-42,45-46H,35-39H2. The first kappa shape index (κ1) is 37.6. The van der Waals surface area contributed by atoms with Gasteiger partial charge in [-0.05, 0) is 180 Å². The highest BCUT2D eigenvalue weighted by Gasteiger charge is 2.61. The zero-order valence-electron chi connectivity index (χ0n) is 37.4. The highest BCUT2D eigenvalue weighted by Crippen LogP contribution is 2.69. The zero-order valence-corrected chi connectivity index (χ0v) is 37.4. The Kier molecular flexibility index (Phi) is 7.96. The Morgan fingerprint density at radius 2 is 0.731 bits per heavy atom. The number of nitrogens with zero attached hydrogens (tertiary/aromatic N) is 3. The van der Waals surface area contributed by atoms with Crippen molar-refractivity contribution in [2.45, 2.75) is 37.5 Å². The predicted molar refractivity (Wildman–Crippen MR) is 278 cm³/mol. The maximum absolute atomic E-state index is 2.55. The Labute approximate surface area is 391 Å². The molecule has 4 saturated carbocycles. The Morgan fingerprint density at radius 1 is 0.343 bits per heavy atom. The van der Waals surface area contributed by atoms with E-state index in [-0.39, 0.29) is 5.41 Å². The van der Waals surface area contributed by atoms with Crippen LogP contribution in [0.3, 0.4) is 0 Å². The Balaban J connectivity index is 0.831. The number of hydrogen-bond acceptors (Lipinski definition) is 1. The molecule has 4 bridgehead atoms. The van der Waals surface area contributed by atoms with E-state index in [0.29, 0.717) is 0 Å². The van der Waals surface area contributed by atoms with Gasteiger partial charge in [-0.3, -0.25) is 0 Å². The Hall–Kier alpha value is -7.62. The van der Waals surface area contributed by atoms with Crippen LogP contribution >= 0.6 is 0 Å². The van der Waals surface area contributed by atoms with Crippen LogP contribution in [-0.4, -0.2) is 9.13 Å². The summed E-state index contributed by atoms with van der Waals surface area (Å²) in [6.45, 7) is 0. The summed E-state index contributed by atoms with van der Waals surface area (Å²) in [5, 5.41) is 5.08. The van der Waals surface area contributed by atoms with Gasteiger partial charge >= 0.3 is 0 Å². The molecule has 5 aliphatic carbocycles. The second-order valence-corrected chi connectivity index (χ2v) is 20.1. The molecule has 16 rings (SSSR count). The maximum atomic E-state index is 2.55. The molecule has 67 heavy (non-hydrogen) atoms. The molecule has 1 spiro atoms. The minimum absolute atomic E-state index is 0.191. The summed E-state index contributed by atoms with van der Waals surface area (Å²) < 4.78 is 4.79. The number of rotatable bonds is 6. The van der Waals surface area contributed by atoms with Crippen molar-refractivity contribution in [2.75, 3.05) is 4.90 Å². The van der Waals surface area contributed by atoms with Crippen molar-refractivity contribution in [1.82, 2.24) is 9.13 Å². The molecular formula is C64H49N3. The number of hydrogen-bond donors (Lipinski definition) is 0. The molecular weight excluding hydrogens is 811 g/mol. The van der Waals surface area contributed by atoms with Crippen LogP contribution in [0.1, 0.15) is 43.2 Å². The Morgan fingerprint density at radius 3 is 1.21 bits per heavy atom. The fraction of sp³-hybridized carbons (Fsp3) is 0.156. The van der Waals surface area contributed by atoms with Crippen molar-refractivity contribution in [3.8, 4) is 33.6 Å². The lowest BCUT2D eigenvalue weighted by Crippen LogP contribution is -2.55. The largest absolute Gasteiger partial charge is 0.311 e. The second kappa shape index (κ2) is 14.2. The van der Waals surface area contributed by atoms with Crippen molar-refractivity contribution in [1.29, 1.82) is 0 Å². The van der Waals surface area contributed by atoms with Crippen molar-refractivity contribution in [2.24, 2.45) is 23.7 Å². The molecule has 4 fully saturated rings. The highest BCUT2D eigenvalue weighted by atomic mass is 15.1. The van der Waals surface area contributed by atoms with E-state index in [1.807, 2.05) is 0 Å². The molecule has 2 heterocycles. The highest BCUT2D eigenvalue weighted by molar-refractivity contribution is 6.10. The minimum atomic E-state index is 0.191. The maximum Gasteiger partial charge on any atom is 0.0541 e. The molecule has 0 aliphatic heterocycles. The third kappa shape index (κ3) is 5.34. The molecule has 320 valence electrons. The molecule has 0 amide bonds. The number of para-hydroxylation sites is 4. The van der Waals surface area contributed by atoms with E-state index in [9.17, 15) is 0 Å². The molecule has 0 atom stereocenters. The van der Waals surface area contributed by atoms with E-state index in [0.717, 1.165) is 52.1 Å². The fourth-order valence-corrected chi connectivity index (χ4v) is 14.5. The monoisotopic (exact) mass is 859 g/mol. The molecule has 3 heteroatoms. The van der Waals surface area contributed by atoms with Crippen LogP contribution in [0.25, 0.3) is 77.2 Å². The van der Waals surface area contributed by atoms with Crippen LogP contribution in [0.4, 0.5) is 17.1 Å². The first-order valence-corrected chi connectivity index (χ1v) is 24.5. The summed E-state index contributed by atoms with van der Waals surface area (Å²) in [5.41, 5.74) is 19.4. The molecule has 3 nitrogen and oxygen atoms in total. The molecule has 5 aliphatic rings. The SMILES string of the molecule is c1ccc2c(c1)-c1cc(-c3ccc(N(c4ccc(-n5c6ccccc6c6ccccc65)cc4)c4ccc(-n5c6ccccc6c6ccccc65)cc4)cc3)ccc1C21C2CC3CC(C2)CC1C3. The van der Waals surface area contributed by atoms with E-state index in [1.165, 1.54) is 98.0 Å². The number of benzene rings is 9. The van der Waals surface area contributed by atoms with Gasteiger partial charge in [-0.2, -0.15) is 0 Å². The summed E-state index contributed by atoms with van der Waals surface area (Å²) >= 11 is 0. The summed E-state index contributed by atoms with van der Waals surface area (Å²) in [6, 6.07) is 79.5. The van der Waals surface area contributed by atoms with Gasteiger partial charge in [0.05, 0.1) is 22.1 Å².